The fourth-order valence-corrected chi connectivity index (χ4v) is 2.03. The molecule has 1 aromatic heterocycles. The second kappa shape index (κ2) is 8.33. The van der Waals surface area contributed by atoms with E-state index in [1.807, 2.05) is 0 Å². The molecule has 1 unspecified atom stereocenters. The predicted molar refractivity (Wildman–Crippen MR) is 89.1 cm³/mol. The number of hydrogen-bond acceptors (Lipinski definition) is 4. The van der Waals surface area contributed by atoms with Crippen LogP contribution in [0.25, 0.3) is 0 Å². The van der Waals surface area contributed by atoms with E-state index in [1.165, 1.54) is 25.4 Å². The van der Waals surface area contributed by atoms with Gasteiger partial charge < -0.3 is 15.8 Å². The van der Waals surface area contributed by atoms with Gasteiger partial charge in [0.2, 0.25) is 5.91 Å². The van der Waals surface area contributed by atoms with Gasteiger partial charge in [-0.2, -0.15) is 0 Å². The van der Waals surface area contributed by atoms with E-state index < -0.39 is 5.82 Å². The van der Waals surface area contributed by atoms with Crippen LogP contribution in [0.2, 0.25) is 0 Å². The Morgan fingerprint density at radius 1 is 1.39 bits per heavy atom. The van der Waals surface area contributed by atoms with Crippen molar-refractivity contribution in [2.45, 2.75) is 19.4 Å². The molecule has 5 nitrogen and oxygen atoms in total. The monoisotopic (exact) mass is 339 g/mol. The molecule has 3 N–H and O–H groups in total. The second-order valence-electron chi connectivity index (χ2n) is 4.94. The maximum atomic E-state index is 13.7. The number of nitrogens with zero attached hydrogens (tertiary/aromatic N) is 1. The molecule has 0 bridgehead atoms. The lowest BCUT2D eigenvalue weighted by Gasteiger charge is -2.15. The van der Waals surface area contributed by atoms with E-state index in [1.54, 1.807) is 25.1 Å². The Morgan fingerprint density at radius 2 is 2.13 bits per heavy atom. The Labute approximate surface area is 140 Å². The highest BCUT2D eigenvalue weighted by molar-refractivity contribution is 5.85. The Bertz CT molecular complexity index is 665. The van der Waals surface area contributed by atoms with Crippen molar-refractivity contribution in [2.75, 3.05) is 12.8 Å². The number of pyridine rings is 1. The third kappa shape index (κ3) is 5.10. The number of aromatic nitrogens is 1. The summed E-state index contributed by atoms with van der Waals surface area (Å²) in [4.78, 5) is 16.1. The molecule has 0 fully saturated rings. The summed E-state index contributed by atoms with van der Waals surface area (Å²) in [5.74, 6) is -0.476. The molecular weight excluding hydrogens is 321 g/mol. The van der Waals surface area contributed by atoms with Gasteiger partial charge in [0, 0.05) is 5.69 Å². The fourth-order valence-electron chi connectivity index (χ4n) is 2.03. The van der Waals surface area contributed by atoms with Crippen LogP contribution in [0.3, 0.4) is 0 Å². The van der Waals surface area contributed by atoms with Crippen molar-refractivity contribution in [2.24, 2.45) is 0 Å². The van der Waals surface area contributed by atoms with Crippen LogP contribution in [0.15, 0.2) is 36.5 Å². The molecule has 0 spiro atoms. The molecule has 1 aromatic carbocycles. The Kier molecular flexibility index (Phi) is 6.78. The molecule has 23 heavy (non-hydrogen) atoms. The zero-order valence-electron chi connectivity index (χ0n) is 12.9. The van der Waals surface area contributed by atoms with Gasteiger partial charge in [-0.05, 0) is 36.8 Å². The summed E-state index contributed by atoms with van der Waals surface area (Å²) in [6.45, 7) is 1.79. The minimum absolute atomic E-state index is 0. The summed E-state index contributed by atoms with van der Waals surface area (Å²) in [5.41, 5.74) is 7.38. The number of carbonyl (C=O) groups is 1. The number of hydrogen-bond donors (Lipinski definition) is 2. The number of nitrogens with one attached hydrogen (secondary N) is 1. The van der Waals surface area contributed by atoms with Gasteiger partial charge in [0.05, 0.1) is 31.5 Å². The van der Waals surface area contributed by atoms with Crippen molar-refractivity contribution in [3.8, 4) is 5.75 Å². The van der Waals surface area contributed by atoms with E-state index in [0.29, 0.717) is 16.9 Å². The lowest BCUT2D eigenvalue weighted by atomic mass is 10.1. The quantitative estimate of drug-likeness (QED) is 0.878. The van der Waals surface area contributed by atoms with Crippen molar-refractivity contribution in [1.29, 1.82) is 0 Å². The molecule has 0 aliphatic rings. The molecule has 0 saturated heterocycles. The fraction of sp³-hybridized carbons (Fsp3) is 0.250. The first-order valence-corrected chi connectivity index (χ1v) is 6.83. The molecule has 1 atom stereocenters. The van der Waals surface area contributed by atoms with Gasteiger partial charge in [-0.15, -0.1) is 12.4 Å². The number of ether oxygens (including phenoxy) is 1. The predicted octanol–water partition coefficient (Wildman–Crippen LogP) is 2.65. The molecule has 2 rings (SSSR count). The van der Waals surface area contributed by atoms with Crippen LogP contribution in [0.1, 0.15) is 24.2 Å². The summed E-state index contributed by atoms with van der Waals surface area (Å²) in [6.07, 6.45) is 1.65. The number of nitrogen functional groups attached to an aromatic ring is 1. The zero-order chi connectivity index (χ0) is 16.1. The molecule has 0 saturated carbocycles. The highest BCUT2D eigenvalue weighted by Gasteiger charge is 2.13. The van der Waals surface area contributed by atoms with Crippen molar-refractivity contribution >= 4 is 24.0 Å². The third-order valence-electron chi connectivity index (χ3n) is 3.24. The topological polar surface area (TPSA) is 77.2 Å². The number of amides is 1. The number of rotatable bonds is 5. The van der Waals surface area contributed by atoms with E-state index in [9.17, 15) is 9.18 Å². The van der Waals surface area contributed by atoms with Crippen LogP contribution in [0, 0.1) is 5.82 Å². The van der Waals surface area contributed by atoms with E-state index in [0.717, 1.165) is 0 Å². The highest BCUT2D eigenvalue weighted by atomic mass is 35.5. The minimum atomic E-state index is -0.457. The number of anilines is 1. The van der Waals surface area contributed by atoms with Gasteiger partial charge in [0.1, 0.15) is 0 Å². The van der Waals surface area contributed by atoms with Crippen molar-refractivity contribution < 1.29 is 13.9 Å². The van der Waals surface area contributed by atoms with E-state index in [2.05, 4.69) is 10.3 Å². The van der Waals surface area contributed by atoms with Crippen LogP contribution < -0.4 is 15.8 Å². The maximum absolute atomic E-state index is 13.7. The zero-order valence-corrected chi connectivity index (χ0v) is 13.7. The first-order chi connectivity index (χ1) is 10.5. The molecule has 2 aromatic rings. The number of carbonyl (C=O) groups excluding carboxylic acids is 1. The molecule has 0 radical (unpaired) electrons. The summed E-state index contributed by atoms with van der Waals surface area (Å²) in [7, 11) is 1.41. The number of methoxy groups -OCH3 is 1. The average Bonchev–Trinajstić information content (AvgIpc) is 2.49. The van der Waals surface area contributed by atoms with E-state index >= 15 is 0 Å². The summed E-state index contributed by atoms with van der Waals surface area (Å²) in [6, 6.07) is 7.68. The lowest BCUT2D eigenvalue weighted by Crippen LogP contribution is -2.28. The second-order valence-corrected chi connectivity index (χ2v) is 4.94. The van der Waals surface area contributed by atoms with Crippen LogP contribution in [0.4, 0.5) is 10.1 Å². The highest BCUT2D eigenvalue weighted by Crippen LogP contribution is 2.21. The molecule has 7 heteroatoms. The standard InChI is InChI=1S/C16H18FN3O2.ClH/c1-10(11-3-6-15(22-2)14(17)7-11)20-16(21)8-13-5-4-12(18)9-19-13;/h3-7,9-10H,8,18H2,1-2H3,(H,20,21);1H. The van der Waals surface area contributed by atoms with Crippen molar-refractivity contribution in [1.82, 2.24) is 10.3 Å². The summed E-state index contributed by atoms with van der Waals surface area (Å²) in [5, 5.41) is 2.81. The van der Waals surface area contributed by atoms with Gasteiger partial charge in [0.15, 0.2) is 11.6 Å². The van der Waals surface area contributed by atoms with Gasteiger partial charge in [0.25, 0.3) is 0 Å². The van der Waals surface area contributed by atoms with Gasteiger partial charge in [-0.25, -0.2) is 4.39 Å². The SMILES string of the molecule is COc1ccc(C(C)NC(=O)Cc2ccc(N)cn2)cc1F.Cl. The largest absolute Gasteiger partial charge is 0.494 e. The molecule has 124 valence electrons. The Hall–Kier alpha value is -2.34. The average molecular weight is 340 g/mol. The van der Waals surface area contributed by atoms with Crippen LogP contribution in [0.5, 0.6) is 5.75 Å². The van der Waals surface area contributed by atoms with Crippen LogP contribution in [-0.4, -0.2) is 18.0 Å². The maximum Gasteiger partial charge on any atom is 0.226 e. The molecule has 0 aliphatic carbocycles. The molecule has 1 heterocycles. The Balaban J connectivity index is 0.00000264. The smallest absolute Gasteiger partial charge is 0.226 e. The first-order valence-electron chi connectivity index (χ1n) is 6.83. The molecule has 0 aliphatic heterocycles. The molecular formula is C16H19ClFN3O2. The van der Waals surface area contributed by atoms with Crippen molar-refractivity contribution in [3.05, 3.63) is 53.6 Å². The van der Waals surface area contributed by atoms with Gasteiger partial charge >= 0.3 is 0 Å². The third-order valence-corrected chi connectivity index (χ3v) is 3.24. The van der Waals surface area contributed by atoms with E-state index in [4.69, 9.17) is 10.5 Å². The number of benzene rings is 1. The van der Waals surface area contributed by atoms with Crippen molar-refractivity contribution in [3.63, 3.8) is 0 Å². The summed E-state index contributed by atoms with van der Waals surface area (Å²) >= 11 is 0. The number of nitrogens with two attached hydrogens (primary N) is 1. The summed E-state index contributed by atoms with van der Waals surface area (Å²) < 4.78 is 18.5. The Morgan fingerprint density at radius 3 is 2.70 bits per heavy atom. The van der Waals surface area contributed by atoms with Gasteiger partial charge in [-0.3, -0.25) is 9.78 Å². The minimum Gasteiger partial charge on any atom is -0.494 e. The van der Waals surface area contributed by atoms with Crippen LogP contribution in [-0.2, 0) is 11.2 Å². The number of halogens is 2. The van der Waals surface area contributed by atoms with E-state index in [-0.39, 0.29) is 36.5 Å². The normalized spacial score (nSPS) is 11.3. The van der Waals surface area contributed by atoms with Gasteiger partial charge in [-0.1, -0.05) is 6.07 Å². The molecule has 1 amide bonds. The lowest BCUT2D eigenvalue weighted by molar-refractivity contribution is -0.121. The van der Waals surface area contributed by atoms with Crippen LogP contribution >= 0.6 is 12.4 Å². The first kappa shape index (κ1) is 18.7.